The molecule has 27 heavy (non-hydrogen) atoms. The lowest BCUT2D eigenvalue weighted by Gasteiger charge is -2.11. The molecule has 0 atom stereocenters. The zero-order chi connectivity index (χ0) is 20.0. The molecule has 0 saturated heterocycles. The van der Waals surface area contributed by atoms with Gasteiger partial charge in [0, 0.05) is 29.0 Å². The van der Waals surface area contributed by atoms with Gasteiger partial charge < -0.3 is 13.9 Å². The number of rotatable bonds is 8. The number of halogens is 3. The monoisotopic (exact) mass is 402 g/mol. The standard InChI is InChI=1S/C18H17F3O5S/c1-3-15(22)25-7-9-27-8-6-24-12-4-5-13-11(2)16(18(19,20)21)17(23)26-14(13)10-12/h3-5,10H,1,6-9H2,2H3. The third-order valence-corrected chi connectivity index (χ3v) is 4.47. The van der Waals surface area contributed by atoms with E-state index in [2.05, 4.69) is 6.58 Å². The van der Waals surface area contributed by atoms with Crippen molar-refractivity contribution >= 4 is 28.7 Å². The predicted octanol–water partition coefficient (Wildman–Crippen LogP) is 3.96. The van der Waals surface area contributed by atoms with E-state index in [1.807, 2.05) is 0 Å². The first-order valence-electron chi connectivity index (χ1n) is 7.88. The van der Waals surface area contributed by atoms with Crippen LogP contribution in [0.15, 0.2) is 40.1 Å². The minimum atomic E-state index is -4.77. The number of esters is 1. The van der Waals surface area contributed by atoms with Gasteiger partial charge in [0.1, 0.15) is 23.5 Å². The molecule has 0 aliphatic heterocycles. The van der Waals surface area contributed by atoms with Gasteiger partial charge in [-0.3, -0.25) is 0 Å². The number of hydrogen-bond donors (Lipinski definition) is 0. The average Bonchev–Trinajstić information content (AvgIpc) is 2.59. The quantitative estimate of drug-likeness (QED) is 0.288. The molecule has 0 bridgehead atoms. The van der Waals surface area contributed by atoms with E-state index in [1.165, 1.54) is 36.9 Å². The van der Waals surface area contributed by atoms with Gasteiger partial charge in [-0.15, -0.1) is 0 Å². The van der Waals surface area contributed by atoms with Crippen LogP contribution in [0.1, 0.15) is 11.1 Å². The van der Waals surface area contributed by atoms with E-state index in [0.717, 1.165) is 6.08 Å². The second kappa shape index (κ2) is 8.98. The number of fused-ring (bicyclic) bond motifs is 1. The number of benzene rings is 1. The van der Waals surface area contributed by atoms with Crippen LogP contribution in [0, 0.1) is 6.92 Å². The predicted molar refractivity (Wildman–Crippen MR) is 96.2 cm³/mol. The fraction of sp³-hybridized carbons (Fsp3) is 0.333. The summed E-state index contributed by atoms with van der Waals surface area (Å²) in [6.45, 7) is 5.11. The molecule has 0 aliphatic rings. The molecule has 1 aromatic heterocycles. The van der Waals surface area contributed by atoms with Crippen molar-refractivity contribution in [2.24, 2.45) is 0 Å². The van der Waals surface area contributed by atoms with Crippen LogP contribution in [0.4, 0.5) is 13.2 Å². The van der Waals surface area contributed by atoms with Crippen molar-refractivity contribution in [3.63, 3.8) is 0 Å². The van der Waals surface area contributed by atoms with Crippen molar-refractivity contribution in [3.05, 3.63) is 52.4 Å². The molecule has 1 aromatic carbocycles. The minimum Gasteiger partial charge on any atom is -0.493 e. The first-order chi connectivity index (χ1) is 12.7. The maximum Gasteiger partial charge on any atom is 0.423 e. The van der Waals surface area contributed by atoms with Crippen LogP contribution < -0.4 is 10.4 Å². The molecule has 0 N–H and O–H groups in total. The van der Waals surface area contributed by atoms with E-state index in [-0.39, 0.29) is 23.1 Å². The molecule has 1 heterocycles. The van der Waals surface area contributed by atoms with E-state index < -0.39 is 23.3 Å². The summed E-state index contributed by atoms with van der Waals surface area (Å²) in [6, 6.07) is 4.34. The zero-order valence-corrected chi connectivity index (χ0v) is 15.2. The summed E-state index contributed by atoms with van der Waals surface area (Å²) in [5.74, 6) is 1.10. The molecule has 0 aliphatic carbocycles. The van der Waals surface area contributed by atoms with Crippen molar-refractivity contribution in [3.8, 4) is 5.75 Å². The molecular weight excluding hydrogens is 385 g/mol. The SMILES string of the molecule is C=CC(=O)OCCSCCOc1ccc2c(C)c(C(F)(F)F)c(=O)oc2c1. The highest BCUT2D eigenvalue weighted by Gasteiger charge is 2.37. The Bertz CT molecular complexity index is 889. The van der Waals surface area contributed by atoms with Crippen molar-refractivity contribution < 1.29 is 31.9 Å². The molecule has 2 aromatic rings. The van der Waals surface area contributed by atoms with E-state index >= 15 is 0 Å². The van der Waals surface area contributed by atoms with Crippen LogP contribution >= 0.6 is 11.8 Å². The molecule has 0 radical (unpaired) electrons. The van der Waals surface area contributed by atoms with Crippen molar-refractivity contribution in [1.29, 1.82) is 0 Å². The Labute approximate surface area is 157 Å². The third-order valence-electron chi connectivity index (χ3n) is 3.56. The van der Waals surface area contributed by atoms with Crippen LogP contribution in [0.2, 0.25) is 0 Å². The highest BCUT2D eigenvalue weighted by Crippen LogP contribution is 2.33. The second-order valence-electron chi connectivity index (χ2n) is 5.38. The average molecular weight is 402 g/mol. The topological polar surface area (TPSA) is 65.7 Å². The molecule has 0 spiro atoms. The fourth-order valence-corrected chi connectivity index (χ4v) is 2.94. The number of carbonyl (C=O) groups excluding carboxylic acids is 1. The molecular formula is C18H17F3O5S. The fourth-order valence-electron chi connectivity index (χ4n) is 2.33. The maximum absolute atomic E-state index is 13.0. The Balaban J connectivity index is 1.96. The van der Waals surface area contributed by atoms with E-state index in [1.54, 1.807) is 0 Å². The van der Waals surface area contributed by atoms with Gasteiger partial charge >= 0.3 is 17.8 Å². The minimum absolute atomic E-state index is 0.0343. The molecule has 5 nitrogen and oxygen atoms in total. The summed E-state index contributed by atoms with van der Waals surface area (Å²) in [6.07, 6.45) is -3.68. The molecule has 0 unspecified atom stereocenters. The van der Waals surface area contributed by atoms with Crippen LogP contribution in [-0.4, -0.2) is 30.7 Å². The van der Waals surface area contributed by atoms with E-state index in [9.17, 15) is 22.8 Å². The Hall–Kier alpha value is -2.42. The maximum atomic E-state index is 13.0. The van der Waals surface area contributed by atoms with Crippen molar-refractivity contribution in [2.45, 2.75) is 13.1 Å². The third kappa shape index (κ3) is 5.53. The second-order valence-corrected chi connectivity index (χ2v) is 6.60. The Kier molecular flexibility index (Phi) is 6.95. The van der Waals surface area contributed by atoms with E-state index in [4.69, 9.17) is 13.9 Å². The van der Waals surface area contributed by atoms with Gasteiger partial charge in [-0.1, -0.05) is 6.58 Å². The van der Waals surface area contributed by atoms with Gasteiger partial charge in [0.25, 0.3) is 0 Å². The normalized spacial score (nSPS) is 11.4. The summed E-state index contributed by atoms with van der Waals surface area (Å²) >= 11 is 1.50. The Morgan fingerprint density at radius 2 is 2.00 bits per heavy atom. The number of thioether (sulfide) groups is 1. The van der Waals surface area contributed by atoms with E-state index in [0.29, 0.717) is 23.9 Å². The van der Waals surface area contributed by atoms with Gasteiger partial charge in [0.2, 0.25) is 0 Å². The van der Waals surface area contributed by atoms with Crippen molar-refractivity contribution in [2.75, 3.05) is 24.7 Å². The first kappa shape index (κ1) is 20.9. The molecule has 2 rings (SSSR count). The zero-order valence-electron chi connectivity index (χ0n) is 14.4. The number of alkyl halides is 3. The van der Waals surface area contributed by atoms with Crippen LogP contribution in [-0.2, 0) is 15.7 Å². The van der Waals surface area contributed by atoms with Crippen LogP contribution in [0.25, 0.3) is 11.0 Å². The summed E-state index contributed by atoms with van der Waals surface area (Å²) in [4.78, 5) is 22.5. The number of hydrogen-bond acceptors (Lipinski definition) is 6. The number of ether oxygens (including phenoxy) is 2. The Morgan fingerprint density at radius 3 is 2.67 bits per heavy atom. The highest BCUT2D eigenvalue weighted by molar-refractivity contribution is 7.99. The highest BCUT2D eigenvalue weighted by atomic mass is 32.2. The van der Waals surface area contributed by atoms with Gasteiger partial charge in [0.15, 0.2) is 0 Å². The lowest BCUT2D eigenvalue weighted by Crippen LogP contribution is -2.20. The Morgan fingerprint density at radius 1 is 1.30 bits per heavy atom. The van der Waals surface area contributed by atoms with Crippen molar-refractivity contribution in [1.82, 2.24) is 0 Å². The summed E-state index contributed by atoms with van der Waals surface area (Å²) < 4.78 is 54.0. The smallest absolute Gasteiger partial charge is 0.423 e. The number of aryl methyl sites for hydroxylation is 1. The summed E-state index contributed by atoms with van der Waals surface area (Å²) in [5.41, 5.74) is -2.86. The van der Waals surface area contributed by atoms with Gasteiger partial charge in [-0.25, -0.2) is 9.59 Å². The lowest BCUT2D eigenvalue weighted by molar-refractivity contribution is -0.140. The molecule has 0 amide bonds. The first-order valence-corrected chi connectivity index (χ1v) is 9.04. The lowest BCUT2D eigenvalue weighted by atomic mass is 10.1. The van der Waals surface area contributed by atoms with Crippen LogP contribution in [0.3, 0.4) is 0 Å². The van der Waals surface area contributed by atoms with Gasteiger partial charge in [-0.05, 0) is 24.6 Å². The molecule has 0 saturated carbocycles. The summed E-state index contributed by atoms with van der Waals surface area (Å²) in [5, 5.41) is 0.202. The summed E-state index contributed by atoms with van der Waals surface area (Å²) in [7, 11) is 0. The molecule has 0 fully saturated rings. The number of carbonyl (C=O) groups is 1. The molecule has 146 valence electrons. The van der Waals surface area contributed by atoms with Gasteiger partial charge in [0.05, 0.1) is 6.61 Å². The van der Waals surface area contributed by atoms with Crippen LogP contribution in [0.5, 0.6) is 5.75 Å². The van der Waals surface area contributed by atoms with Gasteiger partial charge in [-0.2, -0.15) is 24.9 Å². The molecule has 9 heteroatoms. The largest absolute Gasteiger partial charge is 0.493 e.